The van der Waals surface area contributed by atoms with E-state index in [2.05, 4.69) is 29.1 Å². The van der Waals surface area contributed by atoms with Crippen LogP contribution in [0.3, 0.4) is 0 Å². The Morgan fingerprint density at radius 1 is 1.45 bits per heavy atom. The third-order valence-corrected chi connectivity index (χ3v) is 2.95. The first kappa shape index (κ1) is 14.2. The fraction of sp³-hybridized carbons (Fsp3) is 0.429. The second-order valence-electron chi connectivity index (χ2n) is 5.15. The first-order valence-electron chi connectivity index (χ1n) is 6.79. The number of aliphatic imine (C=N–C) groups is 1. The van der Waals surface area contributed by atoms with Crippen LogP contribution in [0.25, 0.3) is 11.0 Å². The van der Waals surface area contributed by atoms with Gasteiger partial charge in [0.25, 0.3) is 0 Å². The first-order valence-corrected chi connectivity index (χ1v) is 6.79. The van der Waals surface area contributed by atoms with Crippen molar-refractivity contribution in [1.29, 1.82) is 0 Å². The highest BCUT2D eigenvalue weighted by atomic mass is 16.1. The van der Waals surface area contributed by atoms with E-state index in [1.807, 2.05) is 24.3 Å². The van der Waals surface area contributed by atoms with Crippen LogP contribution in [0.2, 0.25) is 0 Å². The summed E-state index contributed by atoms with van der Waals surface area (Å²) in [5.74, 6) is 0.901. The number of hydrogen-bond donors (Lipinski definition) is 3. The molecule has 6 heteroatoms. The molecule has 0 saturated carbocycles. The van der Waals surface area contributed by atoms with Crippen molar-refractivity contribution in [2.24, 2.45) is 16.6 Å². The summed E-state index contributed by atoms with van der Waals surface area (Å²) in [5.41, 5.74) is 7.40. The zero-order chi connectivity index (χ0) is 14.5. The van der Waals surface area contributed by atoms with Crippen molar-refractivity contribution in [3.05, 3.63) is 34.7 Å². The van der Waals surface area contributed by atoms with Crippen molar-refractivity contribution in [3.8, 4) is 0 Å². The molecule has 0 unspecified atom stereocenters. The normalized spacial score (nSPS) is 12.2. The number of hydrogen-bond acceptors (Lipinski definition) is 2. The monoisotopic (exact) mass is 275 g/mol. The van der Waals surface area contributed by atoms with Gasteiger partial charge in [-0.05, 0) is 18.1 Å². The first-order chi connectivity index (χ1) is 9.58. The summed E-state index contributed by atoms with van der Waals surface area (Å²) >= 11 is 0. The number of imidazole rings is 1. The third-order valence-electron chi connectivity index (χ3n) is 2.95. The molecule has 1 heterocycles. The average molecular weight is 275 g/mol. The number of aromatic amines is 1. The molecule has 6 nitrogen and oxygen atoms in total. The third kappa shape index (κ3) is 3.40. The van der Waals surface area contributed by atoms with Gasteiger partial charge < -0.3 is 16.0 Å². The molecule has 0 aliphatic rings. The SMILES string of the molecule is CC(C)CN=C(N)NCCn1c(=O)[nH]c2ccccc21. The Hall–Kier alpha value is -2.24. The van der Waals surface area contributed by atoms with Crippen molar-refractivity contribution in [2.45, 2.75) is 20.4 Å². The summed E-state index contributed by atoms with van der Waals surface area (Å²) in [6.07, 6.45) is 0. The number of nitrogens with zero attached hydrogens (tertiary/aromatic N) is 2. The fourth-order valence-electron chi connectivity index (χ4n) is 1.96. The molecule has 108 valence electrons. The summed E-state index contributed by atoms with van der Waals surface area (Å²) in [4.78, 5) is 18.9. The van der Waals surface area contributed by atoms with Crippen molar-refractivity contribution in [2.75, 3.05) is 13.1 Å². The molecule has 1 aromatic heterocycles. The van der Waals surface area contributed by atoms with E-state index in [4.69, 9.17) is 5.73 Å². The molecule has 0 saturated heterocycles. The van der Waals surface area contributed by atoms with Gasteiger partial charge >= 0.3 is 5.69 Å². The van der Waals surface area contributed by atoms with Gasteiger partial charge in [0.1, 0.15) is 0 Å². The van der Waals surface area contributed by atoms with E-state index in [1.54, 1.807) is 4.57 Å². The molecule has 1 aromatic carbocycles. The van der Waals surface area contributed by atoms with Crippen LogP contribution in [0.4, 0.5) is 0 Å². The number of benzene rings is 1. The average Bonchev–Trinajstić information content (AvgIpc) is 2.73. The van der Waals surface area contributed by atoms with E-state index in [9.17, 15) is 4.79 Å². The minimum Gasteiger partial charge on any atom is -0.370 e. The number of guanidine groups is 1. The summed E-state index contributed by atoms with van der Waals surface area (Å²) in [5, 5.41) is 3.02. The molecule has 0 aliphatic heterocycles. The minimum absolute atomic E-state index is 0.106. The molecule has 0 atom stereocenters. The number of rotatable bonds is 5. The molecule has 2 aromatic rings. The highest BCUT2D eigenvalue weighted by molar-refractivity contribution is 5.78. The van der Waals surface area contributed by atoms with Gasteiger partial charge in [0, 0.05) is 19.6 Å². The van der Waals surface area contributed by atoms with E-state index in [-0.39, 0.29) is 5.69 Å². The van der Waals surface area contributed by atoms with Crippen LogP contribution in [0.15, 0.2) is 34.1 Å². The molecule has 4 N–H and O–H groups in total. The Balaban J connectivity index is 1.98. The van der Waals surface area contributed by atoms with E-state index in [1.165, 1.54) is 0 Å². The summed E-state index contributed by atoms with van der Waals surface area (Å²) in [6, 6.07) is 7.62. The molecule has 20 heavy (non-hydrogen) atoms. The van der Waals surface area contributed by atoms with E-state index >= 15 is 0 Å². The van der Waals surface area contributed by atoms with Gasteiger partial charge in [0.2, 0.25) is 0 Å². The largest absolute Gasteiger partial charge is 0.370 e. The second-order valence-corrected chi connectivity index (χ2v) is 5.15. The zero-order valence-corrected chi connectivity index (χ0v) is 11.9. The van der Waals surface area contributed by atoms with Gasteiger partial charge in [0.15, 0.2) is 5.96 Å². The Kier molecular flexibility index (Phi) is 4.45. The standard InChI is InChI=1S/C14H21N5O/c1-10(2)9-17-13(15)16-7-8-19-12-6-4-3-5-11(12)18-14(19)20/h3-6,10H,7-9H2,1-2H3,(H,18,20)(H3,15,16,17). The smallest absolute Gasteiger partial charge is 0.326 e. The van der Waals surface area contributed by atoms with Crippen LogP contribution in [0, 0.1) is 5.92 Å². The number of fused-ring (bicyclic) bond motifs is 1. The van der Waals surface area contributed by atoms with Gasteiger partial charge in [-0.15, -0.1) is 0 Å². The van der Waals surface area contributed by atoms with Crippen molar-refractivity contribution in [3.63, 3.8) is 0 Å². The second kappa shape index (κ2) is 6.27. The van der Waals surface area contributed by atoms with Gasteiger partial charge in [-0.2, -0.15) is 0 Å². The van der Waals surface area contributed by atoms with Crippen molar-refractivity contribution in [1.82, 2.24) is 14.9 Å². The summed E-state index contributed by atoms with van der Waals surface area (Å²) in [6.45, 7) is 5.98. The lowest BCUT2D eigenvalue weighted by Gasteiger charge is -2.07. The molecule has 0 aliphatic carbocycles. The molecule has 2 rings (SSSR count). The lowest BCUT2D eigenvalue weighted by molar-refractivity contribution is 0.648. The Labute approximate surface area is 117 Å². The molecule has 0 amide bonds. The van der Waals surface area contributed by atoms with Crippen LogP contribution in [0.5, 0.6) is 0 Å². The lowest BCUT2D eigenvalue weighted by Crippen LogP contribution is -2.35. The number of para-hydroxylation sites is 2. The minimum atomic E-state index is -0.106. The molecule has 0 bridgehead atoms. The van der Waals surface area contributed by atoms with Crippen LogP contribution in [0.1, 0.15) is 13.8 Å². The Bertz CT molecular complexity index is 653. The van der Waals surface area contributed by atoms with Gasteiger partial charge in [-0.25, -0.2) is 4.79 Å². The fourth-order valence-corrected chi connectivity index (χ4v) is 1.96. The van der Waals surface area contributed by atoms with Crippen LogP contribution in [-0.4, -0.2) is 28.6 Å². The highest BCUT2D eigenvalue weighted by Gasteiger charge is 2.05. The summed E-state index contributed by atoms with van der Waals surface area (Å²) < 4.78 is 1.69. The molecule has 0 spiro atoms. The Morgan fingerprint density at radius 2 is 2.20 bits per heavy atom. The lowest BCUT2D eigenvalue weighted by atomic mass is 10.2. The number of nitrogens with two attached hydrogens (primary N) is 1. The number of H-pyrrole nitrogens is 1. The van der Waals surface area contributed by atoms with Crippen LogP contribution < -0.4 is 16.7 Å². The maximum absolute atomic E-state index is 11.8. The maximum Gasteiger partial charge on any atom is 0.326 e. The van der Waals surface area contributed by atoms with Crippen molar-refractivity contribution < 1.29 is 0 Å². The molecular formula is C14H21N5O. The van der Waals surface area contributed by atoms with Gasteiger partial charge in [-0.1, -0.05) is 26.0 Å². The summed E-state index contributed by atoms with van der Waals surface area (Å²) in [7, 11) is 0. The van der Waals surface area contributed by atoms with E-state index < -0.39 is 0 Å². The number of aromatic nitrogens is 2. The predicted molar refractivity (Wildman–Crippen MR) is 81.9 cm³/mol. The van der Waals surface area contributed by atoms with Gasteiger partial charge in [-0.3, -0.25) is 9.56 Å². The van der Waals surface area contributed by atoms with E-state index in [0.29, 0.717) is 31.5 Å². The van der Waals surface area contributed by atoms with Crippen LogP contribution in [-0.2, 0) is 6.54 Å². The Morgan fingerprint density at radius 3 is 2.95 bits per heavy atom. The van der Waals surface area contributed by atoms with Crippen LogP contribution >= 0.6 is 0 Å². The van der Waals surface area contributed by atoms with Gasteiger partial charge in [0.05, 0.1) is 11.0 Å². The molecule has 0 fully saturated rings. The quantitative estimate of drug-likeness (QED) is 0.559. The number of nitrogens with one attached hydrogen (secondary N) is 2. The maximum atomic E-state index is 11.8. The molecular weight excluding hydrogens is 254 g/mol. The highest BCUT2D eigenvalue weighted by Crippen LogP contribution is 2.08. The predicted octanol–water partition coefficient (Wildman–Crippen LogP) is 0.890. The topological polar surface area (TPSA) is 88.2 Å². The zero-order valence-electron chi connectivity index (χ0n) is 11.9. The molecule has 0 radical (unpaired) electrons. The van der Waals surface area contributed by atoms with E-state index in [0.717, 1.165) is 11.0 Å². The van der Waals surface area contributed by atoms with Crippen molar-refractivity contribution >= 4 is 17.0 Å².